The second-order valence-corrected chi connectivity index (χ2v) is 8.38. The van der Waals surface area contributed by atoms with Crippen LogP contribution in [0.1, 0.15) is 15.6 Å². The number of allylic oxidation sites excluding steroid dienone is 2. The number of thiazole rings is 2. The van der Waals surface area contributed by atoms with Crippen LogP contribution in [0.5, 0.6) is 0 Å². The van der Waals surface area contributed by atoms with Crippen LogP contribution >= 0.6 is 22.7 Å². The highest BCUT2D eigenvalue weighted by atomic mass is 32.1. The summed E-state index contributed by atoms with van der Waals surface area (Å²) in [4.78, 5) is 22.8. The molecule has 0 bridgehead atoms. The lowest BCUT2D eigenvalue weighted by atomic mass is 10.3. The van der Waals surface area contributed by atoms with Crippen LogP contribution in [0, 0.1) is 12.3 Å². The van der Waals surface area contributed by atoms with E-state index in [0.717, 1.165) is 15.3 Å². The van der Waals surface area contributed by atoms with Gasteiger partial charge in [0.25, 0.3) is 5.56 Å². The molecule has 0 aliphatic carbocycles. The zero-order valence-corrected chi connectivity index (χ0v) is 16.7. The first kappa shape index (κ1) is 18.4. The number of nitrogens with one attached hydrogen (secondary N) is 1. The Hall–Kier alpha value is -2.92. The number of nitrogens with zero attached hydrogens (tertiary/aromatic N) is 5. The van der Waals surface area contributed by atoms with Gasteiger partial charge in [0, 0.05) is 23.7 Å². The Morgan fingerprint density at radius 2 is 2.25 bits per heavy atom. The highest BCUT2D eigenvalue weighted by Gasteiger charge is 2.19. The first-order chi connectivity index (χ1) is 13.4. The van der Waals surface area contributed by atoms with Crippen molar-refractivity contribution in [1.29, 1.82) is 5.41 Å². The van der Waals surface area contributed by atoms with Crippen molar-refractivity contribution in [3.05, 3.63) is 49.2 Å². The number of hydrogen-bond donors (Lipinski definition) is 2. The van der Waals surface area contributed by atoms with Crippen LogP contribution in [0.3, 0.4) is 0 Å². The predicted octanol–water partition coefficient (Wildman–Crippen LogP) is 2.49. The lowest BCUT2D eigenvalue weighted by molar-refractivity contribution is 0.633. The van der Waals surface area contributed by atoms with Gasteiger partial charge >= 0.3 is 0 Å². The zero-order chi connectivity index (χ0) is 20.0. The van der Waals surface area contributed by atoms with Crippen molar-refractivity contribution in [1.82, 2.24) is 24.3 Å². The summed E-state index contributed by atoms with van der Waals surface area (Å²) in [6, 6.07) is 0. The molecule has 0 aliphatic heterocycles. The molecule has 144 valence electrons. The van der Waals surface area contributed by atoms with Gasteiger partial charge in [-0.2, -0.15) is 5.10 Å². The average Bonchev–Trinajstić information content (AvgIpc) is 3.34. The van der Waals surface area contributed by atoms with Crippen LogP contribution in [0.4, 0.5) is 4.39 Å². The van der Waals surface area contributed by atoms with Crippen molar-refractivity contribution in [2.45, 2.75) is 19.9 Å². The quantitative estimate of drug-likeness (QED) is 0.484. The molecule has 4 aromatic heterocycles. The second kappa shape index (κ2) is 6.91. The molecule has 3 N–H and O–H groups in total. The molecular weight excluding hydrogens is 401 g/mol. The SMILES string of the molecule is Cc1scnc1Cn1ncc2c3sc(CC(N)=C(F)C=N)nc3n(C)c2c1=O. The highest BCUT2D eigenvalue weighted by Crippen LogP contribution is 2.31. The van der Waals surface area contributed by atoms with Gasteiger partial charge < -0.3 is 15.7 Å². The minimum atomic E-state index is -0.772. The molecule has 0 radical (unpaired) electrons. The van der Waals surface area contributed by atoms with Crippen molar-refractivity contribution in [2.24, 2.45) is 12.8 Å². The van der Waals surface area contributed by atoms with Crippen molar-refractivity contribution in [3.63, 3.8) is 0 Å². The summed E-state index contributed by atoms with van der Waals surface area (Å²) in [5.41, 5.74) is 9.12. The summed E-state index contributed by atoms with van der Waals surface area (Å²) >= 11 is 2.87. The van der Waals surface area contributed by atoms with Gasteiger partial charge in [0.1, 0.15) is 10.5 Å². The maximum atomic E-state index is 13.4. The average molecular weight is 417 g/mol. The van der Waals surface area contributed by atoms with Crippen LogP contribution in [0.2, 0.25) is 0 Å². The normalized spacial score (nSPS) is 12.7. The maximum Gasteiger partial charge on any atom is 0.291 e. The molecular formula is C17H16FN7OS2. The third kappa shape index (κ3) is 2.92. The van der Waals surface area contributed by atoms with E-state index in [1.54, 1.807) is 23.3 Å². The Morgan fingerprint density at radius 1 is 1.46 bits per heavy atom. The summed E-state index contributed by atoms with van der Waals surface area (Å²) in [5.74, 6) is -0.772. The maximum absolute atomic E-state index is 13.4. The van der Waals surface area contributed by atoms with Crippen LogP contribution in [-0.4, -0.2) is 30.5 Å². The smallest absolute Gasteiger partial charge is 0.291 e. The van der Waals surface area contributed by atoms with Gasteiger partial charge in [-0.05, 0) is 6.92 Å². The van der Waals surface area contributed by atoms with Crippen LogP contribution in [-0.2, 0) is 20.0 Å². The summed E-state index contributed by atoms with van der Waals surface area (Å²) < 4.78 is 17.4. The number of fused-ring (bicyclic) bond motifs is 3. The number of aryl methyl sites for hydroxylation is 2. The molecule has 8 nitrogen and oxygen atoms in total. The first-order valence-corrected chi connectivity index (χ1v) is 9.97. The Balaban J connectivity index is 1.80. The molecule has 0 saturated heterocycles. The Morgan fingerprint density at radius 3 is 2.93 bits per heavy atom. The van der Waals surface area contributed by atoms with E-state index >= 15 is 0 Å². The van der Waals surface area contributed by atoms with E-state index in [0.29, 0.717) is 34.3 Å². The van der Waals surface area contributed by atoms with E-state index in [9.17, 15) is 9.18 Å². The number of aromatic nitrogens is 5. The van der Waals surface area contributed by atoms with Gasteiger partial charge in [-0.3, -0.25) is 4.79 Å². The van der Waals surface area contributed by atoms with Gasteiger partial charge in [-0.1, -0.05) is 0 Å². The van der Waals surface area contributed by atoms with Crippen LogP contribution in [0.15, 0.2) is 28.0 Å². The monoisotopic (exact) mass is 417 g/mol. The molecule has 0 unspecified atom stereocenters. The van der Waals surface area contributed by atoms with Crippen molar-refractivity contribution >= 4 is 50.1 Å². The molecule has 0 spiro atoms. The van der Waals surface area contributed by atoms with E-state index in [1.165, 1.54) is 27.4 Å². The van der Waals surface area contributed by atoms with E-state index < -0.39 is 5.83 Å². The molecule has 0 fully saturated rings. The van der Waals surface area contributed by atoms with Crippen molar-refractivity contribution in [3.8, 4) is 0 Å². The van der Waals surface area contributed by atoms with Crippen LogP contribution in [0.25, 0.3) is 21.3 Å². The van der Waals surface area contributed by atoms with E-state index in [2.05, 4.69) is 15.1 Å². The molecule has 0 saturated carbocycles. The zero-order valence-electron chi connectivity index (χ0n) is 15.1. The largest absolute Gasteiger partial charge is 0.399 e. The molecule has 4 aromatic rings. The van der Waals surface area contributed by atoms with Crippen molar-refractivity contribution in [2.75, 3.05) is 0 Å². The topological polar surface area (TPSA) is 115 Å². The molecule has 11 heteroatoms. The molecule has 0 aromatic carbocycles. The predicted molar refractivity (Wildman–Crippen MR) is 109 cm³/mol. The molecule has 0 aliphatic rings. The first-order valence-electron chi connectivity index (χ1n) is 8.28. The Bertz CT molecular complexity index is 1310. The third-order valence-corrected chi connectivity index (χ3v) is 6.37. The minimum Gasteiger partial charge on any atom is -0.399 e. The fraction of sp³-hybridized carbons (Fsp3) is 0.235. The number of nitrogens with two attached hydrogens (primary N) is 1. The standard InChI is InChI=1S/C17H16FN7OS2/c1-8-12(21-7-27-8)6-25-17(26)14-9(5-22-25)15-16(24(14)2)23-13(28-15)3-11(20)10(18)4-19/h4-5,7,19H,3,6,20H2,1-2H3. The van der Waals surface area contributed by atoms with E-state index in [4.69, 9.17) is 11.1 Å². The van der Waals surface area contributed by atoms with E-state index in [1.807, 2.05) is 6.92 Å². The van der Waals surface area contributed by atoms with Gasteiger partial charge in [0.05, 0.1) is 40.6 Å². The number of hydrogen-bond acceptors (Lipinski definition) is 8. The lowest BCUT2D eigenvalue weighted by Gasteiger charge is -2.04. The second-order valence-electron chi connectivity index (χ2n) is 6.24. The molecule has 28 heavy (non-hydrogen) atoms. The number of halogens is 1. The van der Waals surface area contributed by atoms with Gasteiger partial charge in [-0.25, -0.2) is 19.0 Å². The van der Waals surface area contributed by atoms with Crippen molar-refractivity contribution < 1.29 is 4.39 Å². The minimum absolute atomic E-state index is 0.0440. The van der Waals surface area contributed by atoms with Gasteiger partial charge in [-0.15, -0.1) is 22.7 Å². The summed E-state index contributed by atoms with van der Waals surface area (Å²) in [7, 11) is 1.77. The third-order valence-electron chi connectivity index (χ3n) is 4.49. The fourth-order valence-corrected chi connectivity index (χ4v) is 4.70. The number of rotatable bonds is 5. The summed E-state index contributed by atoms with van der Waals surface area (Å²) in [5, 5.41) is 12.6. The lowest BCUT2D eigenvalue weighted by Crippen LogP contribution is -2.25. The van der Waals surface area contributed by atoms with Gasteiger partial charge in [0.2, 0.25) is 0 Å². The Kier molecular flexibility index (Phi) is 4.55. The Labute approximate surface area is 166 Å². The molecule has 0 atom stereocenters. The van der Waals surface area contributed by atoms with Crippen LogP contribution < -0.4 is 11.3 Å². The summed E-state index contributed by atoms with van der Waals surface area (Å²) in [6.07, 6.45) is 2.34. The summed E-state index contributed by atoms with van der Waals surface area (Å²) in [6.45, 7) is 2.27. The fourth-order valence-electron chi connectivity index (χ4n) is 2.98. The van der Waals surface area contributed by atoms with E-state index in [-0.39, 0.29) is 17.7 Å². The molecule has 4 rings (SSSR count). The molecule has 0 amide bonds. The molecule has 4 heterocycles. The van der Waals surface area contributed by atoms with Gasteiger partial charge in [0.15, 0.2) is 11.5 Å². The highest BCUT2D eigenvalue weighted by molar-refractivity contribution is 7.19.